The minimum atomic E-state index is -1.12. The highest BCUT2D eigenvalue weighted by Crippen LogP contribution is 2.21. The molecule has 21 heavy (non-hydrogen) atoms. The predicted octanol–water partition coefficient (Wildman–Crippen LogP) is 2.36. The van der Waals surface area contributed by atoms with Gasteiger partial charge in [-0.15, -0.1) is 11.7 Å². The molecule has 0 aliphatic carbocycles. The number of benzene rings is 1. The fourth-order valence-corrected chi connectivity index (χ4v) is 1.92. The van der Waals surface area contributed by atoms with E-state index in [4.69, 9.17) is 9.84 Å². The minimum Gasteiger partial charge on any atom is -0.487 e. The Balaban J connectivity index is 2.26. The Kier molecular flexibility index (Phi) is 4.37. The quantitative estimate of drug-likeness (QED) is 0.825. The average molecular weight is 287 g/mol. The number of hydrogen-bond acceptors (Lipinski definition) is 4. The number of aromatic nitrogens is 3. The van der Waals surface area contributed by atoms with Gasteiger partial charge in [0.05, 0.1) is 6.54 Å². The lowest BCUT2D eigenvalue weighted by Gasteiger charge is -2.11. The van der Waals surface area contributed by atoms with Crippen LogP contribution in [0.1, 0.15) is 27.3 Å². The van der Waals surface area contributed by atoms with Gasteiger partial charge in [-0.3, -0.25) is 0 Å². The van der Waals surface area contributed by atoms with E-state index in [-0.39, 0.29) is 12.3 Å². The molecule has 0 atom stereocenters. The van der Waals surface area contributed by atoms with Gasteiger partial charge in [0.15, 0.2) is 5.69 Å². The van der Waals surface area contributed by atoms with Crippen molar-refractivity contribution >= 4 is 5.97 Å². The first-order chi connectivity index (χ1) is 10.0. The second kappa shape index (κ2) is 6.21. The number of rotatable bonds is 6. The van der Waals surface area contributed by atoms with Crippen LogP contribution in [0.4, 0.5) is 0 Å². The molecule has 1 heterocycles. The van der Waals surface area contributed by atoms with Crippen molar-refractivity contribution in [1.82, 2.24) is 15.0 Å². The summed E-state index contributed by atoms with van der Waals surface area (Å²) in [5, 5.41) is 16.6. The zero-order valence-corrected chi connectivity index (χ0v) is 12.0. The van der Waals surface area contributed by atoms with Crippen LogP contribution in [0.25, 0.3) is 0 Å². The van der Waals surface area contributed by atoms with Crippen molar-refractivity contribution < 1.29 is 14.6 Å². The van der Waals surface area contributed by atoms with E-state index in [0.717, 1.165) is 16.9 Å². The summed E-state index contributed by atoms with van der Waals surface area (Å²) in [6.07, 6.45) is 1.63. The van der Waals surface area contributed by atoms with E-state index >= 15 is 0 Å². The molecule has 0 radical (unpaired) electrons. The van der Waals surface area contributed by atoms with Crippen molar-refractivity contribution in [3.8, 4) is 5.75 Å². The van der Waals surface area contributed by atoms with Gasteiger partial charge in [0, 0.05) is 0 Å². The van der Waals surface area contributed by atoms with Crippen molar-refractivity contribution in [3.63, 3.8) is 0 Å². The van der Waals surface area contributed by atoms with Crippen LogP contribution in [-0.4, -0.2) is 26.1 Å². The van der Waals surface area contributed by atoms with Crippen LogP contribution in [-0.2, 0) is 13.2 Å². The smallest absolute Gasteiger partial charge is 0.358 e. The Morgan fingerprint density at radius 2 is 2.24 bits per heavy atom. The summed E-state index contributed by atoms with van der Waals surface area (Å²) in [5.74, 6) is -0.400. The molecule has 1 N–H and O–H groups in total. The lowest BCUT2D eigenvalue weighted by molar-refractivity contribution is 0.0687. The van der Waals surface area contributed by atoms with Gasteiger partial charge >= 0.3 is 5.97 Å². The van der Waals surface area contributed by atoms with Crippen LogP contribution in [0, 0.1) is 13.8 Å². The van der Waals surface area contributed by atoms with Gasteiger partial charge in [-0.25, -0.2) is 9.48 Å². The van der Waals surface area contributed by atoms with Gasteiger partial charge in [0.1, 0.15) is 18.1 Å². The molecule has 6 nitrogen and oxygen atoms in total. The Bertz CT molecular complexity index is 677. The molecule has 0 spiro atoms. The second-order valence-electron chi connectivity index (χ2n) is 4.72. The molecule has 2 rings (SSSR count). The van der Waals surface area contributed by atoms with Crippen molar-refractivity contribution in [2.45, 2.75) is 27.0 Å². The van der Waals surface area contributed by atoms with Crippen LogP contribution < -0.4 is 4.74 Å². The van der Waals surface area contributed by atoms with Crippen LogP contribution in [0.5, 0.6) is 5.75 Å². The van der Waals surface area contributed by atoms with Crippen LogP contribution >= 0.6 is 0 Å². The molecule has 110 valence electrons. The topological polar surface area (TPSA) is 77.2 Å². The SMILES string of the molecule is C=CCn1nnc(C(=O)O)c1COc1cc(C)ccc1C. The van der Waals surface area contributed by atoms with Crippen molar-refractivity contribution in [3.05, 3.63) is 53.4 Å². The maximum atomic E-state index is 11.2. The van der Waals surface area contributed by atoms with Gasteiger partial charge < -0.3 is 9.84 Å². The molecule has 6 heteroatoms. The van der Waals surface area contributed by atoms with Gasteiger partial charge in [-0.05, 0) is 31.0 Å². The maximum absolute atomic E-state index is 11.2. The third-order valence-corrected chi connectivity index (χ3v) is 3.05. The molecule has 0 saturated heterocycles. The molecule has 0 unspecified atom stereocenters. The number of carboxylic acids is 1. The summed E-state index contributed by atoms with van der Waals surface area (Å²) in [5.41, 5.74) is 2.39. The van der Waals surface area contributed by atoms with E-state index in [1.165, 1.54) is 4.68 Å². The summed E-state index contributed by atoms with van der Waals surface area (Å²) in [4.78, 5) is 11.2. The number of hydrogen-bond donors (Lipinski definition) is 1. The highest BCUT2D eigenvalue weighted by molar-refractivity contribution is 5.86. The summed E-state index contributed by atoms with van der Waals surface area (Å²) in [6, 6.07) is 5.87. The van der Waals surface area contributed by atoms with Gasteiger partial charge in [-0.1, -0.05) is 23.4 Å². The number of nitrogens with zero attached hydrogens (tertiary/aromatic N) is 3. The molecule has 0 saturated carbocycles. The van der Waals surface area contributed by atoms with Crippen molar-refractivity contribution in [2.75, 3.05) is 0 Å². The number of ether oxygens (including phenoxy) is 1. The van der Waals surface area contributed by atoms with E-state index in [0.29, 0.717) is 12.2 Å². The number of aryl methyl sites for hydroxylation is 2. The molecular weight excluding hydrogens is 270 g/mol. The standard InChI is InChI=1S/C15H17N3O3/c1-4-7-18-12(14(15(19)20)16-17-18)9-21-13-8-10(2)5-6-11(13)3/h4-6,8H,1,7,9H2,2-3H3,(H,19,20). The molecule has 0 aliphatic rings. The number of carboxylic acid groups (broad SMARTS) is 1. The zero-order chi connectivity index (χ0) is 15.4. The Hall–Kier alpha value is -2.63. The maximum Gasteiger partial charge on any atom is 0.358 e. The van der Waals surface area contributed by atoms with Gasteiger partial charge in [0.2, 0.25) is 0 Å². The van der Waals surface area contributed by atoms with Crippen LogP contribution in [0.15, 0.2) is 30.9 Å². The largest absolute Gasteiger partial charge is 0.487 e. The molecule has 0 aliphatic heterocycles. The van der Waals surface area contributed by atoms with Gasteiger partial charge in [0.25, 0.3) is 0 Å². The molecule has 1 aromatic carbocycles. The van der Waals surface area contributed by atoms with E-state index in [9.17, 15) is 4.79 Å². The first-order valence-corrected chi connectivity index (χ1v) is 6.49. The fourth-order valence-electron chi connectivity index (χ4n) is 1.92. The number of allylic oxidation sites excluding steroid dienone is 1. The third kappa shape index (κ3) is 3.28. The zero-order valence-electron chi connectivity index (χ0n) is 12.0. The molecule has 0 fully saturated rings. The molecule has 0 bridgehead atoms. The summed E-state index contributed by atoms with van der Waals surface area (Å²) >= 11 is 0. The Labute approximate surface area is 122 Å². The van der Waals surface area contributed by atoms with Crippen LogP contribution in [0.2, 0.25) is 0 Å². The first-order valence-electron chi connectivity index (χ1n) is 6.49. The normalized spacial score (nSPS) is 10.4. The second-order valence-corrected chi connectivity index (χ2v) is 4.72. The average Bonchev–Trinajstić information content (AvgIpc) is 2.83. The third-order valence-electron chi connectivity index (χ3n) is 3.05. The molecular formula is C15H17N3O3. The summed E-state index contributed by atoms with van der Waals surface area (Å²) in [6.45, 7) is 8.00. The Morgan fingerprint density at radius 3 is 2.90 bits per heavy atom. The lowest BCUT2D eigenvalue weighted by atomic mass is 10.1. The van der Waals surface area contributed by atoms with E-state index in [1.807, 2.05) is 32.0 Å². The van der Waals surface area contributed by atoms with E-state index < -0.39 is 5.97 Å². The predicted molar refractivity (Wildman–Crippen MR) is 77.4 cm³/mol. The van der Waals surface area contributed by atoms with Gasteiger partial charge in [-0.2, -0.15) is 0 Å². The number of carbonyl (C=O) groups is 1. The molecule has 1 aromatic heterocycles. The van der Waals surface area contributed by atoms with E-state index in [2.05, 4.69) is 16.9 Å². The van der Waals surface area contributed by atoms with Crippen molar-refractivity contribution in [2.24, 2.45) is 0 Å². The summed E-state index contributed by atoms with van der Waals surface area (Å²) in [7, 11) is 0. The highest BCUT2D eigenvalue weighted by atomic mass is 16.5. The summed E-state index contributed by atoms with van der Waals surface area (Å²) < 4.78 is 7.22. The first kappa shape index (κ1) is 14.8. The Morgan fingerprint density at radius 1 is 1.48 bits per heavy atom. The highest BCUT2D eigenvalue weighted by Gasteiger charge is 2.19. The van der Waals surface area contributed by atoms with Crippen molar-refractivity contribution in [1.29, 1.82) is 0 Å². The van der Waals surface area contributed by atoms with E-state index in [1.54, 1.807) is 6.08 Å². The monoisotopic (exact) mass is 287 g/mol. The molecule has 2 aromatic rings. The molecule has 0 amide bonds. The lowest BCUT2D eigenvalue weighted by Crippen LogP contribution is -2.11. The number of aromatic carboxylic acids is 1. The minimum absolute atomic E-state index is 0.0900. The van der Waals surface area contributed by atoms with Crippen LogP contribution in [0.3, 0.4) is 0 Å². The fraction of sp³-hybridized carbons (Fsp3) is 0.267.